The van der Waals surface area contributed by atoms with Gasteiger partial charge >= 0.3 is 0 Å². The quantitative estimate of drug-likeness (QED) is 0.683. The number of aromatic nitrogens is 4. The maximum Gasteiger partial charge on any atom is 0.252 e. The van der Waals surface area contributed by atoms with E-state index in [1.807, 2.05) is 0 Å². The fraction of sp³-hybridized carbons (Fsp3) is 0.591. The largest absolute Gasteiger partial charge is 0.383 e. The van der Waals surface area contributed by atoms with E-state index >= 15 is 0 Å². The van der Waals surface area contributed by atoms with Gasteiger partial charge in [0.2, 0.25) is 5.91 Å². The van der Waals surface area contributed by atoms with Gasteiger partial charge in [-0.15, -0.1) is 5.10 Å². The number of aliphatic hydroxyl groups is 1. The Morgan fingerprint density at radius 2 is 2.03 bits per heavy atom. The minimum Gasteiger partial charge on any atom is -0.383 e. The number of aliphatic hydroxyl groups excluding tert-OH is 1. The van der Waals surface area contributed by atoms with Crippen molar-refractivity contribution in [1.82, 2.24) is 30.4 Å². The van der Waals surface area contributed by atoms with Gasteiger partial charge in [0.05, 0.1) is 5.69 Å². The average Bonchev–Trinajstić information content (AvgIpc) is 3.21. The fourth-order valence-corrected chi connectivity index (χ4v) is 5.50. The van der Waals surface area contributed by atoms with Crippen LogP contribution in [0.3, 0.4) is 0 Å². The van der Waals surface area contributed by atoms with Crippen molar-refractivity contribution in [2.24, 2.45) is 11.8 Å². The summed E-state index contributed by atoms with van der Waals surface area (Å²) in [5, 5.41) is 25.5. The van der Waals surface area contributed by atoms with Crippen LogP contribution in [0.4, 0.5) is 0 Å². The Labute approximate surface area is 191 Å². The van der Waals surface area contributed by atoms with Gasteiger partial charge in [0.15, 0.2) is 0 Å². The van der Waals surface area contributed by atoms with Crippen molar-refractivity contribution in [3.8, 4) is 5.69 Å². The zero-order valence-electron chi connectivity index (χ0n) is 17.7. The number of amides is 2. The second-order valence-electron chi connectivity index (χ2n) is 9.15. The first-order valence-corrected chi connectivity index (χ1v) is 11.7. The van der Waals surface area contributed by atoms with Crippen molar-refractivity contribution in [1.29, 1.82) is 0 Å². The standard InChI is InChI=1S/C22H27ClN6O3/c23-16-6-7-17(28-12-25-26-27-28)15(8-16)11-24-21(31)19-10-14-9-18(14)29(19)22(32)20(30)13-4-2-1-3-5-13/h6-8,12-14,18-20,30H,1-5,9-11H2,(H,24,31)/t14-,18-,19-,20+/m0/s1. The third kappa shape index (κ3) is 4.11. The lowest BCUT2D eigenvalue weighted by molar-refractivity contribution is -0.149. The molecule has 1 aliphatic heterocycles. The van der Waals surface area contributed by atoms with E-state index in [-0.39, 0.29) is 30.3 Å². The van der Waals surface area contributed by atoms with E-state index < -0.39 is 12.1 Å². The highest BCUT2D eigenvalue weighted by molar-refractivity contribution is 6.30. The number of nitrogens with zero attached hydrogens (tertiary/aromatic N) is 5. The molecule has 10 heteroatoms. The van der Waals surface area contributed by atoms with Gasteiger partial charge in [-0.1, -0.05) is 30.9 Å². The summed E-state index contributed by atoms with van der Waals surface area (Å²) in [4.78, 5) is 28.0. The lowest BCUT2D eigenvalue weighted by Gasteiger charge is -2.33. The number of hydrogen-bond donors (Lipinski definition) is 2. The number of halogens is 1. The van der Waals surface area contributed by atoms with Gasteiger partial charge < -0.3 is 15.3 Å². The van der Waals surface area contributed by atoms with Crippen LogP contribution in [0.15, 0.2) is 24.5 Å². The van der Waals surface area contributed by atoms with Crippen LogP contribution in [0, 0.1) is 11.8 Å². The molecule has 1 aromatic heterocycles. The van der Waals surface area contributed by atoms with Crippen LogP contribution in [0.2, 0.25) is 5.02 Å². The molecule has 3 fully saturated rings. The van der Waals surface area contributed by atoms with Crippen molar-refractivity contribution in [3.63, 3.8) is 0 Å². The van der Waals surface area contributed by atoms with Gasteiger partial charge in [0.25, 0.3) is 5.91 Å². The molecule has 2 saturated carbocycles. The molecular weight excluding hydrogens is 432 g/mol. The van der Waals surface area contributed by atoms with Crippen LogP contribution < -0.4 is 5.32 Å². The number of carbonyl (C=O) groups is 2. The molecule has 32 heavy (non-hydrogen) atoms. The number of carbonyl (C=O) groups excluding carboxylic acids is 2. The monoisotopic (exact) mass is 458 g/mol. The number of hydrogen-bond acceptors (Lipinski definition) is 6. The number of nitrogens with one attached hydrogen (secondary N) is 1. The fourth-order valence-electron chi connectivity index (χ4n) is 5.30. The van der Waals surface area contributed by atoms with Crippen molar-refractivity contribution in [2.75, 3.05) is 0 Å². The van der Waals surface area contributed by atoms with Gasteiger partial charge in [0.1, 0.15) is 18.5 Å². The Morgan fingerprint density at radius 1 is 1.22 bits per heavy atom. The predicted octanol–water partition coefficient (Wildman–Crippen LogP) is 1.86. The molecule has 0 bridgehead atoms. The van der Waals surface area contributed by atoms with Gasteiger partial charge in [-0.2, -0.15) is 0 Å². The summed E-state index contributed by atoms with van der Waals surface area (Å²) in [6, 6.07) is 4.84. The third-order valence-electron chi connectivity index (χ3n) is 7.10. The van der Waals surface area contributed by atoms with Gasteiger partial charge in [-0.05, 0) is 71.7 Å². The summed E-state index contributed by atoms with van der Waals surface area (Å²) < 4.78 is 1.51. The summed E-state index contributed by atoms with van der Waals surface area (Å²) in [5.41, 5.74) is 1.48. The molecule has 0 unspecified atom stereocenters. The Kier molecular flexibility index (Phi) is 5.86. The molecule has 2 aromatic rings. The van der Waals surface area contributed by atoms with E-state index in [4.69, 9.17) is 11.6 Å². The first-order valence-electron chi connectivity index (χ1n) is 11.3. The first kappa shape index (κ1) is 21.3. The molecule has 170 valence electrons. The van der Waals surface area contributed by atoms with E-state index in [0.29, 0.717) is 17.4 Å². The number of likely N-dealkylation sites (tertiary alicyclic amines) is 1. The lowest BCUT2D eigenvalue weighted by Crippen LogP contribution is -2.52. The minimum atomic E-state index is -1.01. The molecule has 4 atom stereocenters. The van der Waals surface area contributed by atoms with Crippen molar-refractivity contribution in [3.05, 3.63) is 35.1 Å². The Hall–Kier alpha value is -2.52. The number of piperidine rings is 1. The second kappa shape index (κ2) is 8.78. The normalized spacial score (nSPS) is 25.9. The molecular formula is C22H27ClN6O3. The van der Waals surface area contributed by atoms with Crippen molar-refractivity contribution in [2.45, 2.75) is 69.7 Å². The molecule has 5 rings (SSSR count). The summed E-state index contributed by atoms with van der Waals surface area (Å²) in [7, 11) is 0. The van der Waals surface area contributed by atoms with E-state index in [2.05, 4.69) is 20.8 Å². The Bertz CT molecular complexity index is 994. The molecule has 2 amide bonds. The van der Waals surface area contributed by atoms with Gasteiger partial charge in [-0.3, -0.25) is 9.59 Å². The smallest absolute Gasteiger partial charge is 0.252 e. The molecule has 2 heterocycles. The van der Waals surface area contributed by atoms with E-state index in [0.717, 1.165) is 49.8 Å². The molecule has 1 saturated heterocycles. The Morgan fingerprint density at radius 3 is 2.78 bits per heavy atom. The molecule has 9 nitrogen and oxygen atoms in total. The number of benzene rings is 1. The molecule has 3 aliphatic rings. The lowest BCUT2D eigenvalue weighted by atomic mass is 9.84. The number of rotatable bonds is 6. The SMILES string of the molecule is O=C(NCc1cc(Cl)ccc1-n1cnnn1)[C@@H]1C[C@@H]2C[C@@H]2N1C(=O)[C@H](O)C1CCCCC1. The van der Waals surface area contributed by atoms with E-state index in [9.17, 15) is 14.7 Å². The highest BCUT2D eigenvalue weighted by Crippen LogP contribution is 2.48. The van der Waals surface area contributed by atoms with Crippen molar-refractivity contribution < 1.29 is 14.7 Å². The molecule has 2 aliphatic carbocycles. The molecule has 0 radical (unpaired) electrons. The number of fused-ring (bicyclic) bond motifs is 1. The Balaban J connectivity index is 1.28. The highest BCUT2D eigenvalue weighted by Gasteiger charge is 2.57. The average molecular weight is 459 g/mol. The van der Waals surface area contributed by atoms with Crippen LogP contribution in [0.5, 0.6) is 0 Å². The van der Waals surface area contributed by atoms with Crippen LogP contribution in [0.25, 0.3) is 5.69 Å². The summed E-state index contributed by atoms with van der Waals surface area (Å²) in [6.07, 6.45) is 7.05. The van der Waals surface area contributed by atoms with E-state index in [1.54, 1.807) is 23.1 Å². The van der Waals surface area contributed by atoms with Crippen LogP contribution in [-0.4, -0.2) is 60.2 Å². The zero-order chi connectivity index (χ0) is 22.2. The predicted molar refractivity (Wildman–Crippen MR) is 116 cm³/mol. The van der Waals surface area contributed by atoms with Crippen LogP contribution >= 0.6 is 11.6 Å². The first-order chi connectivity index (χ1) is 15.5. The number of tetrazole rings is 1. The van der Waals surface area contributed by atoms with Gasteiger partial charge in [0, 0.05) is 17.6 Å². The van der Waals surface area contributed by atoms with Crippen LogP contribution in [-0.2, 0) is 16.1 Å². The minimum absolute atomic E-state index is 0.00284. The second-order valence-corrected chi connectivity index (χ2v) is 9.58. The third-order valence-corrected chi connectivity index (χ3v) is 7.34. The zero-order valence-corrected chi connectivity index (χ0v) is 18.5. The maximum atomic E-state index is 13.2. The summed E-state index contributed by atoms with van der Waals surface area (Å²) in [6.45, 7) is 0.230. The maximum absolute atomic E-state index is 13.2. The summed E-state index contributed by atoms with van der Waals surface area (Å²) >= 11 is 6.16. The highest BCUT2D eigenvalue weighted by atomic mass is 35.5. The van der Waals surface area contributed by atoms with Gasteiger partial charge in [-0.25, -0.2) is 4.68 Å². The molecule has 2 N–H and O–H groups in total. The van der Waals surface area contributed by atoms with Crippen LogP contribution in [0.1, 0.15) is 50.5 Å². The molecule has 1 aromatic carbocycles. The molecule has 0 spiro atoms. The summed E-state index contributed by atoms with van der Waals surface area (Å²) in [5.74, 6) is -0.123. The van der Waals surface area contributed by atoms with E-state index in [1.165, 1.54) is 11.0 Å². The topological polar surface area (TPSA) is 113 Å². The van der Waals surface area contributed by atoms with Crippen molar-refractivity contribution >= 4 is 23.4 Å².